The lowest BCUT2D eigenvalue weighted by molar-refractivity contribution is -0.0924. The fraction of sp³-hybridized carbons (Fsp3) is 0.714. The molecule has 0 saturated heterocycles. The molecule has 1 aliphatic rings. The number of aliphatic hydroxyl groups excluding tert-OH is 4. The van der Waals surface area contributed by atoms with E-state index in [0.717, 1.165) is 0 Å². The summed E-state index contributed by atoms with van der Waals surface area (Å²) in [5, 5.41) is 36.3. The second-order valence-electron chi connectivity index (χ2n) is 2.83. The van der Waals surface area contributed by atoms with Gasteiger partial charge in [0.1, 0.15) is 24.4 Å². The average Bonchev–Trinajstić information content (AvgIpc) is 1.97. The third-order valence-corrected chi connectivity index (χ3v) is 1.92. The predicted octanol–water partition coefficient (Wildman–Crippen LogP) is -1.61. The van der Waals surface area contributed by atoms with Gasteiger partial charge in [-0.2, -0.15) is 0 Å². The van der Waals surface area contributed by atoms with E-state index in [1.54, 1.807) is 6.92 Å². The van der Waals surface area contributed by atoms with Gasteiger partial charge in [0.15, 0.2) is 0 Å². The molecule has 0 aromatic carbocycles. The van der Waals surface area contributed by atoms with E-state index in [9.17, 15) is 0 Å². The van der Waals surface area contributed by atoms with Crippen LogP contribution in [-0.2, 0) is 0 Å². The summed E-state index contributed by atoms with van der Waals surface area (Å²) in [6, 6.07) is 0. The van der Waals surface area contributed by atoms with E-state index in [0.29, 0.717) is 5.57 Å². The zero-order chi connectivity index (χ0) is 8.59. The minimum atomic E-state index is -1.28. The van der Waals surface area contributed by atoms with Crippen LogP contribution in [0.25, 0.3) is 0 Å². The molecule has 1 rings (SSSR count). The van der Waals surface area contributed by atoms with Crippen molar-refractivity contribution in [3.63, 3.8) is 0 Å². The van der Waals surface area contributed by atoms with Gasteiger partial charge >= 0.3 is 0 Å². The van der Waals surface area contributed by atoms with Crippen LogP contribution in [0.3, 0.4) is 0 Å². The summed E-state index contributed by atoms with van der Waals surface area (Å²) in [5.41, 5.74) is 0.482. The first-order valence-corrected chi connectivity index (χ1v) is 3.44. The highest BCUT2D eigenvalue weighted by Gasteiger charge is 2.34. The van der Waals surface area contributed by atoms with Gasteiger partial charge in [-0.3, -0.25) is 0 Å². The molecule has 11 heavy (non-hydrogen) atoms. The van der Waals surface area contributed by atoms with Crippen molar-refractivity contribution in [2.75, 3.05) is 0 Å². The summed E-state index contributed by atoms with van der Waals surface area (Å²) in [4.78, 5) is 0. The van der Waals surface area contributed by atoms with E-state index in [4.69, 9.17) is 20.4 Å². The molecule has 0 aromatic rings. The Hall–Kier alpha value is -0.420. The summed E-state index contributed by atoms with van der Waals surface area (Å²) in [6.07, 6.45) is -3.37. The minimum absolute atomic E-state index is 0.482. The van der Waals surface area contributed by atoms with Crippen molar-refractivity contribution in [3.8, 4) is 0 Å². The van der Waals surface area contributed by atoms with E-state index in [2.05, 4.69) is 0 Å². The van der Waals surface area contributed by atoms with Crippen LogP contribution in [0.15, 0.2) is 11.6 Å². The molecule has 4 heteroatoms. The quantitative estimate of drug-likeness (QED) is 0.321. The monoisotopic (exact) mass is 160 g/mol. The fourth-order valence-corrected chi connectivity index (χ4v) is 1.12. The molecule has 4 nitrogen and oxygen atoms in total. The number of rotatable bonds is 0. The van der Waals surface area contributed by atoms with Crippen molar-refractivity contribution in [1.82, 2.24) is 0 Å². The van der Waals surface area contributed by atoms with Crippen LogP contribution in [0.5, 0.6) is 0 Å². The van der Waals surface area contributed by atoms with E-state index in [-0.39, 0.29) is 0 Å². The standard InChI is InChI=1S/C7H12O4/c1-3-2-4(8)6(10)7(11)5(3)9/h2,4-11H,1H3/t4-,5-,6-,7-/m1/s1. The Morgan fingerprint density at radius 3 is 2.18 bits per heavy atom. The Labute approximate surface area is 64.4 Å². The molecule has 0 amide bonds. The van der Waals surface area contributed by atoms with Crippen molar-refractivity contribution < 1.29 is 20.4 Å². The molecule has 1 aliphatic carbocycles. The van der Waals surface area contributed by atoms with Gasteiger partial charge in [-0.15, -0.1) is 0 Å². The zero-order valence-corrected chi connectivity index (χ0v) is 6.18. The van der Waals surface area contributed by atoms with E-state index in [1.165, 1.54) is 6.08 Å². The lowest BCUT2D eigenvalue weighted by atomic mass is 9.91. The first-order chi connectivity index (χ1) is 5.04. The molecule has 0 radical (unpaired) electrons. The Kier molecular flexibility index (Phi) is 2.29. The van der Waals surface area contributed by atoms with Crippen LogP contribution in [0, 0.1) is 0 Å². The van der Waals surface area contributed by atoms with Crippen molar-refractivity contribution in [3.05, 3.63) is 11.6 Å². The Morgan fingerprint density at radius 2 is 1.64 bits per heavy atom. The zero-order valence-electron chi connectivity index (χ0n) is 6.18. The Balaban J connectivity index is 2.83. The lowest BCUT2D eigenvalue weighted by Gasteiger charge is -2.30. The summed E-state index contributed by atoms with van der Waals surface area (Å²) < 4.78 is 0. The predicted molar refractivity (Wildman–Crippen MR) is 37.8 cm³/mol. The molecule has 0 fully saturated rings. The van der Waals surface area contributed by atoms with Gasteiger partial charge in [-0.1, -0.05) is 6.08 Å². The number of hydrogen-bond donors (Lipinski definition) is 4. The van der Waals surface area contributed by atoms with Crippen LogP contribution >= 0.6 is 0 Å². The van der Waals surface area contributed by atoms with Gasteiger partial charge in [-0.05, 0) is 12.5 Å². The molecule has 4 atom stereocenters. The molecule has 0 unspecified atom stereocenters. The lowest BCUT2D eigenvalue weighted by Crippen LogP contribution is -2.47. The normalized spacial score (nSPS) is 45.4. The molecule has 0 aliphatic heterocycles. The molecule has 64 valence electrons. The molecule has 4 N–H and O–H groups in total. The van der Waals surface area contributed by atoms with E-state index in [1.807, 2.05) is 0 Å². The van der Waals surface area contributed by atoms with Crippen molar-refractivity contribution in [2.45, 2.75) is 31.3 Å². The highest BCUT2D eigenvalue weighted by Crippen LogP contribution is 2.19. The van der Waals surface area contributed by atoms with Crippen LogP contribution in [0.1, 0.15) is 6.92 Å². The van der Waals surface area contributed by atoms with Crippen LogP contribution in [0.2, 0.25) is 0 Å². The molecule has 0 saturated carbocycles. The van der Waals surface area contributed by atoms with Gasteiger partial charge in [0.2, 0.25) is 0 Å². The van der Waals surface area contributed by atoms with Crippen molar-refractivity contribution >= 4 is 0 Å². The smallest absolute Gasteiger partial charge is 0.112 e. The van der Waals surface area contributed by atoms with Gasteiger partial charge in [0, 0.05) is 0 Å². The Morgan fingerprint density at radius 1 is 1.09 bits per heavy atom. The molecule has 0 heterocycles. The van der Waals surface area contributed by atoms with Gasteiger partial charge in [0.25, 0.3) is 0 Å². The first-order valence-electron chi connectivity index (χ1n) is 3.44. The van der Waals surface area contributed by atoms with Gasteiger partial charge < -0.3 is 20.4 Å². The summed E-state index contributed by atoms with van der Waals surface area (Å²) >= 11 is 0. The van der Waals surface area contributed by atoms with Crippen LogP contribution in [-0.4, -0.2) is 44.8 Å². The SMILES string of the molecule is CC1=C[C@@H](O)[C@@H](O)[C@H](O)[C@@H]1O. The fourth-order valence-electron chi connectivity index (χ4n) is 1.12. The molecule has 0 bridgehead atoms. The maximum absolute atomic E-state index is 9.14. The number of hydrogen-bond acceptors (Lipinski definition) is 4. The maximum atomic E-state index is 9.14. The molecule has 0 spiro atoms. The highest BCUT2D eigenvalue weighted by molar-refractivity contribution is 5.17. The van der Waals surface area contributed by atoms with E-state index < -0.39 is 24.4 Å². The van der Waals surface area contributed by atoms with Crippen molar-refractivity contribution in [1.29, 1.82) is 0 Å². The summed E-state index contributed by atoms with van der Waals surface area (Å²) in [7, 11) is 0. The average molecular weight is 160 g/mol. The van der Waals surface area contributed by atoms with Crippen LogP contribution in [0.4, 0.5) is 0 Å². The topological polar surface area (TPSA) is 80.9 Å². The first kappa shape index (κ1) is 8.67. The summed E-state index contributed by atoms with van der Waals surface area (Å²) in [5.74, 6) is 0. The van der Waals surface area contributed by atoms with Gasteiger partial charge in [-0.25, -0.2) is 0 Å². The third-order valence-electron chi connectivity index (χ3n) is 1.92. The minimum Gasteiger partial charge on any atom is -0.387 e. The summed E-state index contributed by atoms with van der Waals surface area (Å²) in [6.45, 7) is 1.59. The molecule has 0 aromatic heterocycles. The van der Waals surface area contributed by atoms with E-state index >= 15 is 0 Å². The van der Waals surface area contributed by atoms with Gasteiger partial charge in [0.05, 0.1) is 0 Å². The second kappa shape index (κ2) is 2.91. The second-order valence-corrected chi connectivity index (χ2v) is 2.83. The maximum Gasteiger partial charge on any atom is 0.112 e. The van der Waals surface area contributed by atoms with Crippen LogP contribution < -0.4 is 0 Å². The highest BCUT2D eigenvalue weighted by atomic mass is 16.4. The number of aliphatic hydroxyl groups is 4. The largest absolute Gasteiger partial charge is 0.387 e. The third kappa shape index (κ3) is 1.44. The van der Waals surface area contributed by atoms with Crippen molar-refractivity contribution in [2.24, 2.45) is 0 Å². The molecular weight excluding hydrogens is 148 g/mol. The Bertz CT molecular complexity index is 177. The molecular formula is C7H12O4.